The van der Waals surface area contributed by atoms with Gasteiger partial charge in [-0.05, 0) is 31.9 Å². The summed E-state index contributed by atoms with van der Waals surface area (Å²) < 4.78 is 0.523. The SMILES string of the molecule is O=C(NCC[C@@H]1CCCN1)c1cc(Br)cc([N+](=O)[O-])c1. The number of hydrogen-bond acceptors (Lipinski definition) is 4. The number of carbonyl (C=O) groups excluding carboxylic acids is 1. The Balaban J connectivity index is 1.92. The van der Waals surface area contributed by atoms with Gasteiger partial charge in [-0.2, -0.15) is 0 Å². The summed E-state index contributed by atoms with van der Waals surface area (Å²) in [5, 5.41) is 16.9. The first kappa shape index (κ1) is 14.9. The summed E-state index contributed by atoms with van der Waals surface area (Å²) in [6, 6.07) is 4.70. The van der Waals surface area contributed by atoms with E-state index in [2.05, 4.69) is 26.6 Å². The fraction of sp³-hybridized carbons (Fsp3) is 0.462. The summed E-state index contributed by atoms with van der Waals surface area (Å²) in [6.45, 7) is 1.60. The number of amides is 1. The summed E-state index contributed by atoms with van der Waals surface area (Å²) in [6.07, 6.45) is 3.19. The molecular formula is C13H16BrN3O3. The van der Waals surface area contributed by atoms with Crippen molar-refractivity contribution in [3.8, 4) is 0 Å². The van der Waals surface area contributed by atoms with Gasteiger partial charge in [0.2, 0.25) is 0 Å². The average Bonchev–Trinajstić information content (AvgIpc) is 2.91. The van der Waals surface area contributed by atoms with Gasteiger partial charge in [-0.1, -0.05) is 15.9 Å². The van der Waals surface area contributed by atoms with Crippen LogP contribution in [0.1, 0.15) is 29.6 Å². The number of nitro benzene ring substituents is 1. The lowest BCUT2D eigenvalue weighted by molar-refractivity contribution is -0.385. The summed E-state index contributed by atoms with van der Waals surface area (Å²) in [7, 11) is 0. The Hall–Kier alpha value is -1.47. The van der Waals surface area contributed by atoms with Crippen molar-refractivity contribution in [2.45, 2.75) is 25.3 Å². The molecule has 1 aromatic carbocycles. The fourth-order valence-electron chi connectivity index (χ4n) is 2.28. The first-order valence-corrected chi connectivity index (χ1v) is 7.32. The van der Waals surface area contributed by atoms with Crippen LogP contribution in [0, 0.1) is 10.1 Å². The third-order valence-corrected chi connectivity index (χ3v) is 3.75. The maximum absolute atomic E-state index is 12.0. The number of halogens is 1. The molecule has 0 unspecified atom stereocenters. The maximum atomic E-state index is 12.0. The van der Waals surface area contributed by atoms with Crippen molar-refractivity contribution < 1.29 is 9.72 Å². The van der Waals surface area contributed by atoms with Crippen molar-refractivity contribution in [2.24, 2.45) is 0 Å². The van der Waals surface area contributed by atoms with E-state index in [-0.39, 0.29) is 11.6 Å². The monoisotopic (exact) mass is 341 g/mol. The highest BCUT2D eigenvalue weighted by Gasteiger charge is 2.16. The molecule has 7 heteroatoms. The molecule has 1 heterocycles. The minimum Gasteiger partial charge on any atom is -0.352 e. The largest absolute Gasteiger partial charge is 0.352 e. The van der Waals surface area contributed by atoms with Gasteiger partial charge >= 0.3 is 0 Å². The Morgan fingerprint density at radius 2 is 2.30 bits per heavy atom. The van der Waals surface area contributed by atoms with Crippen molar-refractivity contribution >= 4 is 27.5 Å². The van der Waals surface area contributed by atoms with Crippen LogP contribution in [0.3, 0.4) is 0 Å². The van der Waals surface area contributed by atoms with E-state index in [4.69, 9.17) is 0 Å². The molecule has 1 saturated heterocycles. The molecule has 0 bridgehead atoms. The lowest BCUT2D eigenvalue weighted by atomic mass is 10.1. The number of nitrogens with zero attached hydrogens (tertiary/aromatic N) is 1. The maximum Gasteiger partial charge on any atom is 0.271 e. The van der Waals surface area contributed by atoms with Gasteiger partial charge in [-0.25, -0.2) is 0 Å². The van der Waals surface area contributed by atoms with Crippen molar-refractivity contribution in [1.82, 2.24) is 10.6 Å². The van der Waals surface area contributed by atoms with Gasteiger partial charge in [0.15, 0.2) is 0 Å². The zero-order valence-corrected chi connectivity index (χ0v) is 12.5. The second-order valence-corrected chi connectivity index (χ2v) is 5.71. The van der Waals surface area contributed by atoms with Crippen molar-refractivity contribution in [2.75, 3.05) is 13.1 Å². The van der Waals surface area contributed by atoms with Crippen LogP contribution in [0.4, 0.5) is 5.69 Å². The van der Waals surface area contributed by atoms with Crippen LogP contribution in [0.15, 0.2) is 22.7 Å². The molecule has 1 aliphatic rings. The molecule has 1 fully saturated rings. The van der Waals surface area contributed by atoms with Crippen molar-refractivity contribution in [1.29, 1.82) is 0 Å². The Morgan fingerprint density at radius 3 is 2.95 bits per heavy atom. The van der Waals surface area contributed by atoms with E-state index >= 15 is 0 Å². The molecule has 20 heavy (non-hydrogen) atoms. The van der Waals surface area contributed by atoms with E-state index in [1.165, 1.54) is 18.6 Å². The molecule has 0 radical (unpaired) electrons. The Labute approximate surface area is 125 Å². The smallest absolute Gasteiger partial charge is 0.271 e. The second kappa shape index (κ2) is 6.81. The number of nitrogens with one attached hydrogen (secondary N) is 2. The number of benzene rings is 1. The van der Waals surface area contributed by atoms with E-state index in [9.17, 15) is 14.9 Å². The minimum absolute atomic E-state index is 0.0954. The normalized spacial score (nSPS) is 17.9. The topological polar surface area (TPSA) is 84.3 Å². The van der Waals surface area contributed by atoms with Gasteiger partial charge in [0, 0.05) is 34.8 Å². The summed E-state index contributed by atoms with van der Waals surface area (Å²) in [5.41, 5.74) is 0.201. The lowest BCUT2D eigenvalue weighted by Gasteiger charge is -2.10. The zero-order chi connectivity index (χ0) is 14.5. The molecule has 1 amide bonds. The van der Waals surface area contributed by atoms with Crippen LogP contribution in [-0.2, 0) is 0 Å². The van der Waals surface area contributed by atoms with E-state index in [1.807, 2.05) is 0 Å². The van der Waals surface area contributed by atoms with Crippen LogP contribution >= 0.6 is 15.9 Å². The van der Waals surface area contributed by atoms with Crippen LogP contribution < -0.4 is 10.6 Å². The third kappa shape index (κ3) is 4.01. The number of non-ortho nitro benzene ring substituents is 1. The second-order valence-electron chi connectivity index (χ2n) is 4.79. The number of carbonyl (C=O) groups is 1. The molecule has 0 aromatic heterocycles. The predicted molar refractivity (Wildman–Crippen MR) is 78.8 cm³/mol. The van der Waals surface area contributed by atoms with Gasteiger partial charge in [0.05, 0.1) is 4.92 Å². The number of hydrogen-bond donors (Lipinski definition) is 2. The van der Waals surface area contributed by atoms with E-state index in [1.54, 1.807) is 6.07 Å². The quantitative estimate of drug-likeness (QED) is 0.635. The molecule has 108 valence electrons. The van der Waals surface area contributed by atoms with Gasteiger partial charge in [0.1, 0.15) is 0 Å². The molecular weight excluding hydrogens is 326 g/mol. The molecule has 1 atom stereocenters. The molecule has 6 nitrogen and oxygen atoms in total. The highest BCUT2D eigenvalue weighted by molar-refractivity contribution is 9.10. The molecule has 1 aromatic rings. The Kier molecular flexibility index (Phi) is 5.08. The van der Waals surface area contributed by atoms with E-state index < -0.39 is 4.92 Å². The molecule has 0 spiro atoms. The van der Waals surface area contributed by atoms with Crippen molar-refractivity contribution in [3.63, 3.8) is 0 Å². The van der Waals surface area contributed by atoms with E-state index in [0.29, 0.717) is 22.6 Å². The lowest BCUT2D eigenvalue weighted by Crippen LogP contribution is -2.30. The minimum atomic E-state index is -0.510. The molecule has 0 aliphatic carbocycles. The first-order chi connectivity index (χ1) is 9.56. The summed E-state index contributed by atoms with van der Waals surface area (Å²) in [5.74, 6) is -0.285. The molecule has 2 rings (SSSR count). The zero-order valence-electron chi connectivity index (χ0n) is 10.9. The number of rotatable bonds is 5. The van der Waals surface area contributed by atoms with Crippen LogP contribution in [0.5, 0.6) is 0 Å². The van der Waals surface area contributed by atoms with Gasteiger partial charge in [-0.15, -0.1) is 0 Å². The number of nitro groups is 1. The van der Waals surface area contributed by atoms with Gasteiger partial charge in [-0.3, -0.25) is 14.9 Å². The van der Waals surface area contributed by atoms with Crippen LogP contribution in [0.2, 0.25) is 0 Å². The highest BCUT2D eigenvalue weighted by Crippen LogP contribution is 2.21. The summed E-state index contributed by atoms with van der Waals surface area (Å²) >= 11 is 3.18. The molecule has 0 saturated carbocycles. The van der Waals surface area contributed by atoms with Crippen LogP contribution in [0.25, 0.3) is 0 Å². The van der Waals surface area contributed by atoms with Gasteiger partial charge in [0.25, 0.3) is 11.6 Å². The molecule has 1 aliphatic heterocycles. The predicted octanol–water partition coefficient (Wildman–Crippen LogP) is 2.23. The first-order valence-electron chi connectivity index (χ1n) is 6.53. The van der Waals surface area contributed by atoms with Crippen LogP contribution in [-0.4, -0.2) is 30.0 Å². The average molecular weight is 342 g/mol. The fourth-order valence-corrected chi connectivity index (χ4v) is 2.76. The van der Waals surface area contributed by atoms with E-state index in [0.717, 1.165) is 19.4 Å². The Bertz CT molecular complexity index is 516. The molecule has 2 N–H and O–H groups in total. The van der Waals surface area contributed by atoms with Gasteiger partial charge < -0.3 is 10.6 Å². The standard InChI is InChI=1S/C13H16BrN3O3/c14-10-6-9(7-12(8-10)17(19)20)13(18)16-5-3-11-2-1-4-15-11/h6-8,11,15H,1-5H2,(H,16,18)/t11-/m0/s1. The third-order valence-electron chi connectivity index (χ3n) is 3.30. The van der Waals surface area contributed by atoms with Crippen molar-refractivity contribution in [3.05, 3.63) is 38.3 Å². The highest BCUT2D eigenvalue weighted by atomic mass is 79.9. The summed E-state index contributed by atoms with van der Waals surface area (Å²) in [4.78, 5) is 22.2. The Morgan fingerprint density at radius 1 is 1.50 bits per heavy atom.